The molecule has 7 nitrogen and oxygen atoms in total. The van der Waals surface area contributed by atoms with Crippen LogP contribution in [-0.2, 0) is 9.84 Å². The van der Waals surface area contributed by atoms with Crippen molar-refractivity contribution in [2.24, 2.45) is 4.99 Å². The minimum absolute atomic E-state index is 0.164. The van der Waals surface area contributed by atoms with E-state index in [9.17, 15) is 13.5 Å². The van der Waals surface area contributed by atoms with Crippen LogP contribution >= 0.6 is 0 Å². The van der Waals surface area contributed by atoms with Gasteiger partial charge < -0.3 is 20.2 Å². The van der Waals surface area contributed by atoms with Crippen LogP contribution in [0.2, 0.25) is 0 Å². The van der Waals surface area contributed by atoms with Crippen LogP contribution in [0.5, 0.6) is 5.75 Å². The van der Waals surface area contributed by atoms with E-state index in [4.69, 9.17) is 0 Å². The molecule has 2 rings (SSSR count). The number of rotatable bonds is 6. The second kappa shape index (κ2) is 8.94. The number of nitrogens with zero attached hydrogens (tertiary/aromatic N) is 3. The standard InChI is InChI=1S/C17H28N4O3S/c1-3-18-17(19-9-6-14-25(2,23)24)21-12-10-20(11-13-21)15-7-4-5-8-16(15)22/h4-5,7-8,22H,3,6,9-14H2,1-2H3,(H,18,19). The summed E-state index contributed by atoms with van der Waals surface area (Å²) in [6, 6.07) is 7.38. The van der Waals surface area contributed by atoms with Gasteiger partial charge in [-0.15, -0.1) is 0 Å². The summed E-state index contributed by atoms with van der Waals surface area (Å²) in [5.41, 5.74) is 0.859. The number of sulfone groups is 1. The van der Waals surface area contributed by atoms with Crippen molar-refractivity contribution in [2.45, 2.75) is 13.3 Å². The van der Waals surface area contributed by atoms with Crippen LogP contribution in [0.25, 0.3) is 0 Å². The molecular formula is C17H28N4O3S. The summed E-state index contributed by atoms with van der Waals surface area (Å²) in [4.78, 5) is 8.90. The highest BCUT2D eigenvalue weighted by molar-refractivity contribution is 7.90. The summed E-state index contributed by atoms with van der Waals surface area (Å²) in [7, 11) is -2.93. The van der Waals surface area contributed by atoms with E-state index in [1.165, 1.54) is 6.26 Å². The summed E-state index contributed by atoms with van der Waals surface area (Å²) in [6.45, 7) is 6.47. The molecule has 140 valence electrons. The molecule has 0 amide bonds. The lowest BCUT2D eigenvalue weighted by Crippen LogP contribution is -2.52. The molecule has 8 heteroatoms. The number of aliphatic imine (C=N–C) groups is 1. The molecule has 0 radical (unpaired) electrons. The number of aromatic hydroxyl groups is 1. The zero-order valence-corrected chi connectivity index (χ0v) is 15.8. The van der Waals surface area contributed by atoms with Crippen LogP contribution in [0.3, 0.4) is 0 Å². The molecular weight excluding hydrogens is 340 g/mol. The molecule has 1 aliphatic rings. The summed E-state index contributed by atoms with van der Waals surface area (Å²) >= 11 is 0. The number of hydrogen-bond acceptors (Lipinski definition) is 5. The van der Waals surface area contributed by atoms with Gasteiger partial charge in [0.2, 0.25) is 0 Å². The normalized spacial score (nSPS) is 16.2. The van der Waals surface area contributed by atoms with Gasteiger partial charge in [0.05, 0.1) is 11.4 Å². The number of hydrogen-bond donors (Lipinski definition) is 2. The minimum Gasteiger partial charge on any atom is -0.506 e. The van der Waals surface area contributed by atoms with Gasteiger partial charge in [-0.05, 0) is 25.5 Å². The van der Waals surface area contributed by atoms with Crippen molar-refractivity contribution in [1.82, 2.24) is 10.2 Å². The topological polar surface area (TPSA) is 85.2 Å². The predicted octanol–water partition coefficient (Wildman–Crippen LogP) is 0.914. The molecule has 0 spiro atoms. The number of phenols is 1. The molecule has 1 fully saturated rings. The van der Waals surface area contributed by atoms with E-state index in [-0.39, 0.29) is 5.75 Å². The lowest BCUT2D eigenvalue weighted by molar-refractivity contribution is 0.370. The molecule has 0 bridgehead atoms. The molecule has 0 unspecified atom stereocenters. The molecule has 25 heavy (non-hydrogen) atoms. The molecule has 1 aliphatic heterocycles. The average Bonchev–Trinajstić information content (AvgIpc) is 2.57. The van der Waals surface area contributed by atoms with Gasteiger partial charge in [-0.1, -0.05) is 12.1 Å². The molecule has 1 aromatic rings. The van der Waals surface area contributed by atoms with Crippen molar-refractivity contribution in [3.8, 4) is 5.75 Å². The zero-order valence-electron chi connectivity index (χ0n) is 15.0. The number of phenolic OH excluding ortho intramolecular Hbond substituents is 1. The highest BCUT2D eigenvalue weighted by atomic mass is 32.2. The maximum absolute atomic E-state index is 11.2. The van der Waals surface area contributed by atoms with Gasteiger partial charge in [0.15, 0.2) is 5.96 Å². The Balaban J connectivity index is 1.92. The minimum atomic E-state index is -2.93. The lowest BCUT2D eigenvalue weighted by Gasteiger charge is -2.37. The number of nitrogens with one attached hydrogen (secondary N) is 1. The van der Waals surface area contributed by atoms with Gasteiger partial charge in [0.25, 0.3) is 0 Å². The summed E-state index contributed by atoms with van der Waals surface area (Å²) in [5.74, 6) is 1.29. The maximum atomic E-state index is 11.2. The maximum Gasteiger partial charge on any atom is 0.194 e. The first-order chi connectivity index (χ1) is 11.9. The Labute approximate surface area is 150 Å². The molecule has 0 aliphatic carbocycles. The first-order valence-corrected chi connectivity index (χ1v) is 10.7. The van der Waals surface area contributed by atoms with E-state index in [1.807, 2.05) is 25.1 Å². The second-order valence-corrected chi connectivity index (χ2v) is 8.44. The molecule has 0 aromatic heterocycles. The van der Waals surface area contributed by atoms with E-state index in [0.29, 0.717) is 18.7 Å². The Morgan fingerprint density at radius 3 is 2.52 bits per heavy atom. The van der Waals surface area contributed by atoms with Crippen molar-refractivity contribution in [1.29, 1.82) is 0 Å². The average molecular weight is 369 g/mol. The molecule has 0 atom stereocenters. The van der Waals surface area contributed by atoms with Crippen molar-refractivity contribution in [3.63, 3.8) is 0 Å². The molecule has 1 aromatic carbocycles. The fraction of sp³-hybridized carbons (Fsp3) is 0.588. The van der Waals surface area contributed by atoms with E-state index < -0.39 is 9.84 Å². The second-order valence-electron chi connectivity index (χ2n) is 6.18. The van der Waals surface area contributed by atoms with E-state index >= 15 is 0 Å². The van der Waals surface area contributed by atoms with Gasteiger partial charge >= 0.3 is 0 Å². The Morgan fingerprint density at radius 2 is 1.92 bits per heavy atom. The number of para-hydroxylation sites is 2. The van der Waals surface area contributed by atoms with Crippen molar-refractivity contribution in [2.75, 3.05) is 56.2 Å². The number of benzene rings is 1. The third kappa shape index (κ3) is 6.12. The molecule has 1 heterocycles. The van der Waals surface area contributed by atoms with Crippen LogP contribution in [0.1, 0.15) is 13.3 Å². The van der Waals surface area contributed by atoms with Gasteiger partial charge in [-0.25, -0.2) is 8.42 Å². The number of anilines is 1. The molecule has 1 saturated heterocycles. The van der Waals surface area contributed by atoms with Crippen LogP contribution in [0.15, 0.2) is 29.3 Å². The fourth-order valence-corrected chi connectivity index (χ4v) is 3.48. The van der Waals surface area contributed by atoms with Crippen LogP contribution in [-0.4, -0.2) is 75.7 Å². The predicted molar refractivity (Wildman–Crippen MR) is 102 cm³/mol. The number of guanidine groups is 1. The largest absolute Gasteiger partial charge is 0.506 e. The third-order valence-electron chi connectivity index (χ3n) is 4.07. The van der Waals surface area contributed by atoms with E-state index in [0.717, 1.165) is 44.4 Å². The lowest BCUT2D eigenvalue weighted by atomic mass is 10.2. The van der Waals surface area contributed by atoms with Crippen LogP contribution < -0.4 is 10.2 Å². The highest BCUT2D eigenvalue weighted by Gasteiger charge is 2.21. The van der Waals surface area contributed by atoms with Gasteiger partial charge in [-0.3, -0.25) is 4.99 Å². The Morgan fingerprint density at radius 1 is 1.24 bits per heavy atom. The van der Waals surface area contributed by atoms with E-state index in [2.05, 4.69) is 20.1 Å². The Bertz CT molecular complexity index is 683. The van der Waals surface area contributed by atoms with Gasteiger partial charge in [0, 0.05) is 45.5 Å². The smallest absolute Gasteiger partial charge is 0.194 e. The fourth-order valence-electron chi connectivity index (χ4n) is 2.83. The third-order valence-corrected chi connectivity index (χ3v) is 5.10. The molecule has 0 saturated carbocycles. The van der Waals surface area contributed by atoms with Gasteiger partial charge in [-0.2, -0.15) is 0 Å². The SMILES string of the molecule is CCNC(=NCCCS(C)(=O)=O)N1CCN(c2ccccc2O)CC1. The first-order valence-electron chi connectivity index (χ1n) is 8.64. The van der Waals surface area contributed by atoms with Crippen LogP contribution in [0.4, 0.5) is 5.69 Å². The van der Waals surface area contributed by atoms with Crippen molar-refractivity contribution >= 4 is 21.5 Å². The van der Waals surface area contributed by atoms with Crippen molar-refractivity contribution < 1.29 is 13.5 Å². The summed E-state index contributed by atoms with van der Waals surface area (Å²) in [6.07, 6.45) is 1.78. The Kier molecular flexibility index (Phi) is 6.92. The molecule has 2 N–H and O–H groups in total. The summed E-state index contributed by atoms with van der Waals surface area (Å²) in [5, 5.41) is 13.3. The zero-order chi connectivity index (χ0) is 18.3. The summed E-state index contributed by atoms with van der Waals surface area (Å²) < 4.78 is 22.4. The highest BCUT2D eigenvalue weighted by Crippen LogP contribution is 2.27. The first kappa shape index (κ1) is 19.4. The van der Waals surface area contributed by atoms with E-state index in [1.54, 1.807) is 6.07 Å². The number of piperazine rings is 1. The quantitative estimate of drug-likeness (QED) is 0.441. The van der Waals surface area contributed by atoms with Gasteiger partial charge in [0.1, 0.15) is 15.6 Å². The monoisotopic (exact) mass is 368 g/mol. The van der Waals surface area contributed by atoms with Crippen molar-refractivity contribution in [3.05, 3.63) is 24.3 Å². The van der Waals surface area contributed by atoms with Crippen LogP contribution in [0, 0.1) is 0 Å². The Hall–Kier alpha value is -1.96.